The minimum Gasteiger partial charge on any atom is -0.352 e. The van der Waals surface area contributed by atoms with E-state index in [4.69, 9.17) is 0 Å². The van der Waals surface area contributed by atoms with Crippen LogP contribution < -0.4 is 10.6 Å². The Bertz CT molecular complexity index is 618. The van der Waals surface area contributed by atoms with Crippen molar-refractivity contribution in [3.63, 3.8) is 0 Å². The van der Waals surface area contributed by atoms with Crippen LogP contribution in [0.3, 0.4) is 0 Å². The number of amides is 2. The van der Waals surface area contributed by atoms with Crippen molar-refractivity contribution in [2.45, 2.75) is 37.8 Å². The SMILES string of the molecule is O=C(NCc1cccnc1)C1CCN(C(=O)C2CC(F)(F)CN2)CC1. The summed E-state index contributed by atoms with van der Waals surface area (Å²) in [7, 11) is 0. The molecule has 1 aromatic rings. The third kappa shape index (κ3) is 4.50. The van der Waals surface area contributed by atoms with Gasteiger partial charge in [-0.3, -0.25) is 19.9 Å². The molecule has 2 amide bonds. The molecule has 2 N–H and O–H groups in total. The van der Waals surface area contributed by atoms with Gasteiger partial charge in [-0.05, 0) is 24.5 Å². The Morgan fingerprint density at radius 2 is 2.12 bits per heavy atom. The van der Waals surface area contributed by atoms with E-state index in [1.165, 1.54) is 0 Å². The van der Waals surface area contributed by atoms with Crippen molar-refractivity contribution in [1.82, 2.24) is 20.5 Å². The Morgan fingerprint density at radius 3 is 2.72 bits per heavy atom. The normalized spacial score (nSPS) is 23.4. The summed E-state index contributed by atoms with van der Waals surface area (Å²) in [5.74, 6) is -3.29. The molecule has 1 unspecified atom stereocenters. The van der Waals surface area contributed by atoms with Crippen molar-refractivity contribution in [2.24, 2.45) is 5.92 Å². The lowest BCUT2D eigenvalue weighted by Crippen LogP contribution is -2.48. The second-order valence-corrected chi connectivity index (χ2v) is 6.67. The van der Waals surface area contributed by atoms with Gasteiger partial charge in [0.15, 0.2) is 0 Å². The van der Waals surface area contributed by atoms with Crippen LogP contribution in [0.2, 0.25) is 0 Å². The van der Waals surface area contributed by atoms with Gasteiger partial charge in [0.2, 0.25) is 11.8 Å². The molecule has 0 saturated carbocycles. The summed E-state index contributed by atoms with van der Waals surface area (Å²) in [6, 6.07) is 2.89. The predicted octanol–water partition coefficient (Wildman–Crippen LogP) is 0.934. The Morgan fingerprint density at radius 1 is 1.36 bits per heavy atom. The van der Waals surface area contributed by atoms with E-state index in [0.29, 0.717) is 32.5 Å². The zero-order valence-electron chi connectivity index (χ0n) is 13.9. The van der Waals surface area contributed by atoms with Crippen LogP contribution >= 0.6 is 0 Å². The zero-order chi connectivity index (χ0) is 17.9. The lowest BCUT2D eigenvalue weighted by atomic mass is 9.95. The second-order valence-electron chi connectivity index (χ2n) is 6.67. The molecule has 6 nitrogen and oxygen atoms in total. The molecule has 2 saturated heterocycles. The highest BCUT2D eigenvalue weighted by atomic mass is 19.3. The molecule has 2 aliphatic rings. The van der Waals surface area contributed by atoms with Crippen LogP contribution in [0, 0.1) is 5.92 Å². The van der Waals surface area contributed by atoms with Gasteiger partial charge in [0.25, 0.3) is 5.92 Å². The topological polar surface area (TPSA) is 74.3 Å². The van der Waals surface area contributed by atoms with E-state index in [9.17, 15) is 18.4 Å². The van der Waals surface area contributed by atoms with Crippen molar-refractivity contribution in [3.8, 4) is 0 Å². The van der Waals surface area contributed by atoms with Gasteiger partial charge >= 0.3 is 0 Å². The highest BCUT2D eigenvalue weighted by Crippen LogP contribution is 2.27. The number of nitrogens with one attached hydrogen (secondary N) is 2. The lowest BCUT2D eigenvalue weighted by Gasteiger charge is -2.33. The first kappa shape index (κ1) is 17.7. The van der Waals surface area contributed by atoms with Crippen molar-refractivity contribution in [3.05, 3.63) is 30.1 Å². The van der Waals surface area contributed by atoms with Gasteiger partial charge in [-0.1, -0.05) is 6.07 Å². The summed E-state index contributed by atoms with van der Waals surface area (Å²) in [6.45, 7) is 0.824. The summed E-state index contributed by atoms with van der Waals surface area (Å²) in [5, 5.41) is 5.47. The highest BCUT2D eigenvalue weighted by Gasteiger charge is 2.44. The lowest BCUT2D eigenvalue weighted by molar-refractivity contribution is -0.137. The molecule has 3 rings (SSSR count). The van der Waals surface area contributed by atoms with Gasteiger partial charge in [-0.25, -0.2) is 8.78 Å². The quantitative estimate of drug-likeness (QED) is 0.846. The fourth-order valence-electron chi connectivity index (χ4n) is 3.31. The van der Waals surface area contributed by atoms with Crippen LogP contribution in [-0.4, -0.2) is 53.3 Å². The third-order valence-corrected chi connectivity index (χ3v) is 4.77. The fourth-order valence-corrected chi connectivity index (χ4v) is 3.31. The number of aromatic nitrogens is 1. The van der Waals surface area contributed by atoms with E-state index in [0.717, 1.165) is 5.56 Å². The number of likely N-dealkylation sites (tertiary alicyclic amines) is 1. The average Bonchev–Trinajstić information content (AvgIpc) is 3.00. The Kier molecular flexibility index (Phi) is 5.27. The molecular weight excluding hydrogens is 330 g/mol. The van der Waals surface area contributed by atoms with Crippen LogP contribution in [0.15, 0.2) is 24.5 Å². The predicted molar refractivity (Wildman–Crippen MR) is 86.7 cm³/mol. The summed E-state index contributed by atoms with van der Waals surface area (Å²) in [5.41, 5.74) is 0.927. The van der Waals surface area contributed by atoms with Crippen molar-refractivity contribution in [2.75, 3.05) is 19.6 Å². The first-order valence-corrected chi connectivity index (χ1v) is 8.51. The smallest absolute Gasteiger partial charge is 0.262 e. The Labute approximate surface area is 145 Å². The Hall–Kier alpha value is -2.09. The molecule has 1 atom stereocenters. The van der Waals surface area contributed by atoms with Crippen molar-refractivity contribution >= 4 is 11.8 Å². The minimum absolute atomic E-state index is 0.0403. The number of hydrogen-bond donors (Lipinski definition) is 2. The van der Waals surface area contributed by atoms with E-state index < -0.39 is 24.9 Å². The van der Waals surface area contributed by atoms with Gasteiger partial charge < -0.3 is 10.2 Å². The number of alkyl halides is 2. The van der Waals surface area contributed by atoms with Gasteiger partial charge in [-0.15, -0.1) is 0 Å². The molecule has 25 heavy (non-hydrogen) atoms. The molecule has 136 valence electrons. The van der Waals surface area contributed by atoms with Crippen molar-refractivity contribution < 1.29 is 18.4 Å². The molecular formula is C17H22F2N4O2. The Balaban J connectivity index is 1.43. The number of carbonyl (C=O) groups excluding carboxylic acids is 2. The van der Waals surface area contributed by atoms with E-state index in [1.54, 1.807) is 17.3 Å². The molecule has 0 bridgehead atoms. The molecule has 8 heteroatoms. The molecule has 0 radical (unpaired) electrons. The van der Waals surface area contributed by atoms with Gasteiger partial charge in [0.1, 0.15) is 0 Å². The second kappa shape index (κ2) is 7.43. The average molecular weight is 352 g/mol. The van der Waals surface area contributed by atoms with Crippen LogP contribution in [0.4, 0.5) is 8.78 Å². The van der Waals surface area contributed by atoms with Crippen LogP contribution in [0.25, 0.3) is 0 Å². The molecule has 2 fully saturated rings. The fraction of sp³-hybridized carbons (Fsp3) is 0.588. The number of carbonyl (C=O) groups is 2. The molecule has 2 aliphatic heterocycles. The molecule has 0 spiro atoms. The molecule has 1 aromatic heterocycles. The van der Waals surface area contributed by atoms with Crippen LogP contribution in [-0.2, 0) is 16.1 Å². The first-order valence-electron chi connectivity index (χ1n) is 8.51. The van der Waals surface area contributed by atoms with Gasteiger partial charge in [-0.2, -0.15) is 0 Å². The van der Waals surface area contributed by atoms with Crippen LogP contribution in [0.5, 0.6) is 0 Å². The maximum atomic E-state index is 13.2. The summed E-state index contributed by atoms with van der Waals surface area (Å²) >= 11 is 0. The van der Waals surface area contributed by atoms with Gasteiger partial charge in [0.05, 0.1) is 12.6 Å². The first-order chi connectivity index (χ1) is 11.9. The number of halogens is 2. The maximum Gasteiger partial charge on any atom is 0.262 e. The number of nitrogens with zero attached hydrogens (tertiary/aromatic N) is 2. The number of rotatable bonds is 4. The molecule has 0 aliphatic carbocycles. The zero-order valence-corrected chi connectivity index (χ0v) is 13.9. The summed E-state index contributed by atoms with van der Waals surface area (Å²) in [6.07, 6.45) is 4.03. The van der Waals surface area contributed by atoms with E-state index >= 15 is 0 Å². The molecule has 0 aromatic carbocycles. The van der Waals surface area contributed by atoms with E-state index in [-0.39, 0.29) is 17.7 Å². The molecule has 3 heterocycles. The number of piperidine rings is 1. The largest absolute Gasteiger partial charge is 0.352 e. The van der Waals surface area contributed by atoms with Crippen LogP contribution in [0.1, 0.15) is 24.8 Å². The van der Waals surface area contributed by atoms with E-state index in [2.05, 4.69) is 15.6 Å². The monoisotopic (exact) mass is 352 g/mol. The minimum atomic E-state index is -2.81. The number of hydrogen-bond acceptors (Lipinski definition) is 4. The van der Waals surface area contributed by atoms with Crippen molar-refractivity contribution in [1.29, 1.82) is 0 Å². The van der Waals surface area contributed by atoms with Gasteiger partial charge in [0, 0.05) is 44.4 Å². The van der Waals surface area contributed by atoms with E-state index in [1.807, 2.05) is 12.1 Å². The standard InChI is InChI=1S/C17H22F2N4O2/c18-17(19)8-14(22-11-17)16(25)23-6-3-13(4-7-23)15(24)21-10-12-2-1-5-20-9-12/h1-2,5,9,13-14,22H,3-4,6-8,10-11H2,(H,21,24). The summed E-state index contributed by atoms with van der Waals surface area (Å²) in [4.78, 5) is 30.1. The highest BCUT2D eigenvalue weighted by molar-refractivity contribution is 5.83. The third-order valence-electron chi connectivity index (χ3n) is 4.77. The summed E-state index contributed by atoms with van der Waals surface area (Å²) < 4.78 is 26.4. The maximum absolute atomic E-state index is 13.2. The number of pyridine rings is 1.